The molecule has 0 amide bonds. The highest BCUT2D eigenvalue weighted by Crippen LogP contribution is 2.10. The van der Waals surface area contributed by atoms with Gasteiger partial charge in [-0.2, -0.15) is 0 Å². The third-order valence-corrected chi connectivity index (χ3v) is 3.50. The highest BCUT2D eigenvalue weighted by atomic mass is 16.5. The van der Waals surface area contributed by atoms with Crippen LogP contribution in [0.1, 0.15) is 46.0 Å². The second-order valence-corrected chi connectivity index (χ2v) is 5.44. The fourth-order valence-electron chi connectivity index (χ4n) is 2.18. The Balaban J connectivity index is 2.13. The lowest BCUT2D eigenvalue weighted by Crippen LogP contribution is -2.38. The SMILES string of the molecule is CCCCOCCCN=C(NCC)NCCC1=CCOCC1. The summed E-state index contributed by atoms with van der Waals surface area (Å²) in [4.78, 5) is 4.58. The molecule has 1 heterocycles. The van der Waals surface area contributed by atoms with Crippen molar-refractivity contribution in [2.75, 3.05) is 46.1 Å². The van der Waals surface area contributed by atoms with Gasteiger partial charge in [-0.1, -0.05) is 25.0 Å². The molecule has 1 rings (SSSR count). The van der Waals surface area contributed by atoms with E-state index in [2.05, 4.69) is 35.5 Å². The number of nitrogens with one attached hydrogen (secondary N) is 2. The largest absolute Gasteiger partial charge is 0.381 e. The van der Waals surface area contributed by atoms with Crippen molar-refractivity contribution < 1.29 is 9.47 Å². The second-order valence-electron chi connectivity index (χ2n) is 5.44. The zero-order chi connectivity index (χ0) is 15.9. The van der Waals surface area contributed by atoms with Crippen LogP contribution in [0.25, 0.3) is 0 Å². The van der Waals surface area contributed by atoms with Gasteiger partial charge in [0.15, 0.2) is 5.96 Å². The van der Waals surface area contributed by atoms with Gasteiger partial charge in [0.25, 0.3) is 0 Å². The summed E-state index contributed by atoms with van der Waals surface area (Å²) in [5.74, 6) is 0.906. The number of nitrogens with zero attached hydrogens (tertiary/aromatic N) is 1. The normalized spacial score (nSPS) is 15.5. The van der Waals surface area contributed by atoms with Crippen molar-refractivity contribution in [1.29, 1.82) is 0 Å². The topological polar surface area (TPSA) is 54.9 Å². The number of hydrogen-bond acceptors (Lipinski definition) is 3. The predicted octanol–water partition coefficient (Wildman–Crippen LogP) is 2.49. The minimum absolute atomic E-state index is 0.765. The molecule has 0 aromatic carbocycles. The number of ether oxygens (including phenoxy) is 2. The van der Waals surface area contributed by atoms with E-state index < -0.39 is 0 Å². The van der Waals surface area contributed by atoms with Crippen LogP contribution in [0.5, 0.6) is 0 Å². The van der Waals surface area contributed by atoms with Gasteiger partial charge in [0, 0.05) is 32.8 Å². The molecular formula is C17H33N3O2. The molecule has 0 fully saturated rings. The number of unbranched alkanes of at least 4 members (excludes halogenated alkanes) is 1. The average molecular weight is 311 g/mol. The Kier molecular flexibility index (Phi) is 11.7. The molecule has 0 spiro atoms. The second kappa shape index (κ2) is 13.6. The van der Waals surface area contributed by atoms with Crippen molar-refractivity contribution in [3.05, 3.63) is 11.6 Å². The highest BCUT2D eigenvalue weighted by molar-refractivity contribution is 5.79. The molecule has 0 aliphatic carbocycles. The van der Waals surface area contributed by atoms with E-state index in [4.69, 9.17) is 9.47 Å². The quantitative estimate of drug-likeness (QED) is 0.266. The molecule has 0 atom stereocenters. The van der Waals surface area contributed by atoms with Gasteiger partial charge < -0.3 is 20.1 Å². The zero-order valence-corrected chi connectivity index (χ0v) is 14.3. The monoisotopic (exact) mass is 311 g/mol. The molecule has 22 heavy (non-hydrogen) atoms. The van der Waals surface area contributed by atoms with Gasteiger partial charge in [-0.15, -0.1) is 0 Å². The Morgan fingerprint density at radius 3 is 2.86 bits per heavy atom. The van der Waals surface area contributed by atoms with Crippen LogP contribution in [0.15, 0.2) is 16.6 Å². The van der Waals surface area contributed by atoms with E-state index in [1.807, 2.05) is 0 Å². The van der Waals surface area contributed by atoms with Gasteiger partial charge in [0.05, 0.1) is 13.2 Å². The summed E-state index contributed by atoms with van der Waals surface area (Å²) in [6.07, 6.45) is 7.63. The van der Waals surface area contributed by atoms with Crippen LogP contribution in [-0.4, -0.2) is 52.0 Å². The van der Waals surface area contributed by atoms with E-state index in [9.17, 15) is 0 Å². The number of rotatable bonds is 11. The molecule has 0 bridgehead atoms. The first kappa shape index (κ1) is 19.0. The van der Waals surface area contributed by atoms with Crippen molar-refractivity contribution in [3.8, 4) is 0 Å². The molecule has 0 saturated heterocycles. The third kappa shape index (κ3) is 9.79. The average Bonchev–Trinajstić information content (AvgIpc) is 2.55. The van der Waals surface area contributed by atoms with E-state index in [0.29, 0.717) is 0 Å². The first-order chi connectivity index (χ1) is 10.9. The number of guanidine groups is 1. The van der Waals surface area contributed by atoms with Crippen LogP contribution in [0.2, 0.25) is 0 Å². The van der Waals surface area contributed by atoms with Crippen LogP contribution in [-0.2, 0) is 9.47 Å². The molecule has 0 radical (unpaired) electrons. The summed E-state index contributed by atoms with van der Waals surface area (Å²) in [7, 11) is 0. The maximum absolute atomic E-state index is 5.55. The summed E-state index contributed by atoms with van der Waals surface area (Å²) >= 11 is 0. The van der Waals surface area contributed by atoms with Crippen LogP contribution in [0.4, 0.5) is 0 Å². The van der Waals surface area contributed by atoms with E-state index >= 15 is 0 Å². The Bertz CT molecular complexity index is 330. The zero-order valence-electron chi connectivity index (χ0n) is 14.3. The van der Waals surface area contributed by atoms with Gasteiger partial charge in [-0.05, 0) is 32.6 Å². The van der Waals surface area contributed by atoms with E-state index in [1.54, 1.807) is 0 Å². The Morgan fingerprint density at radius 1 is 1.27 bits per heavy atom. The smallest absolute Gasteiger partial charge is 0.191 e. The maximum atomic E-state index is 5.55. The summed E-state index contributed by atoms with van der Waals surface area (Å²) < 4.78 is 10.9. The maximum Gasteiger partial charge on any atom is 0.191 e. The lowest BCUT2D eigenvalue weighted by molar-refractivity contribution is 0.130. The van der Waals surface area contributed by atoms with Crippen molar-refractivity contribution in [2.45, 2.75) is 46.0 Å². The lowest BCUT2D eigenvalue weighted by Gasteiger charge is -2.15. The van der Waals surface area contributed by atoms with Crippen molar-refractivity contribution >= 4 is 5.96 Å². The van der Waals surface area contributed by atoms with Crippen LogP contribution >= 0.6 is 0 Å². The minimum atomic E-state index is 0.765. The Labute approximate surface area is 135 Å². The van der Waals surface area contributed by atoms with Crippen molar-refractivity contribution in [2.24, 2.45) is 4.99 Å². The standard InChI is InChI=1S/C17H33N3O2/c1-3-5-12-21-13-6-10-19-17(18-4-2)20-11-7-16-8-14-22-15-9-16/h8H,3-7,9-15H2,1-2H3,(H2,18,19,20). The Morgan fingerprint density at radius 2 is 2.14 bits per heavy atom. The summed E-state index contributed by atoms with van der Waals surface area (Å²) in [5, 5.41) is 6.68. The first-order valence-corrected chi connectivity index (χ1v) is 8.72. The highest BCUT2D eigenvalue weighted by Gasteiger charge is 2.04. The van der Waals surface area contributed by atoms with Gasteiger partial charge in [-0.25, -0.2) is 0 Å². The number of aliphatic imine (C=N–C) groups is 1. The Hall–Kier alpha value is -1.07. The van der Waals surface area contributed by atoms with E-state index in [0.717, 1.165) is 77.7 Å². The summed E-state index contributed by atoms with van der Waals surface area (Å²) in [6, 6.07) is 0. The minimum Gasteiger partial charge on any atom is -0.381 e. The molecule has 5 nitrogen and oxygen atoms in total. The van der Waals surface area contributed by atoms with Crippen molar-refractivity contribution in [3.63, 3.8) is 0 Å². The fraction of sp³-hybridized carbons (Fsp3) is 0.824. The third-order valence-electron chi connectivity index (χ3n) is 3.50. The lowest BCUT2D eigenvalue weighted by atomic mass is 10.1. The summed E-state index contributed by atoms with van der Waals surface area (Å²) in [6.45, 7) is 10.2. The van der Waals surface area contributed by atoms with Gasteiger partial charge in [-0.3, -0.25) is 4.99 Å². The van der Waals surface area contributed by atoms with Crippen LogP contribution in [0, 0.1) is 0 Å². The molecule has 1 aliphatic rings. The summed E-state index contributed by atoms with van der Waals surface area (Å²) in [5.41, 5.74) is 1.49. The molecule has 128 valence electrons. The van der Waals surface area contributed by atoms with Gasteiger partial charge in [0.1, 0.15) is 0 Å². The van der Waals surface area contributed by atoms with E-state index in [1.165, 1.54) is 12.0 Å². The molecule has 2 N–H and O–H groups in total. The van der Waals surface area contributed by atoms with Crippen LogP contribution in [0.3, 0.4) is 0 Å². The van der Waals surface area contributed by atoms with Crippen molar-refractivity contribution in [1.82, 2.24) is 10.6 Å². The molecule has 0 aromatic rings. The molecule has 1 aliphatic heterocycles. The molecular weight excluding hydrogens is 278 g/mol. The molecule has 5 heteroatoms. The van der Waals surface area contributed by atoms with Crippen LogP contribution < -0.4 is 10.6 Å². The molecule has 0 saturated carbocycles. The van der Waals surface area contributed by atoms with Gasteiger partial charge in [0.2, 0.25) is 0 Å². The molecule has 0 aromatic heterocycles. The van der Waals surface area contributed by atoms with E-state index in [-0.39, 0.29) is 0 Å². The first-order valence-electron chi connectivity index (χ1n) is 8.72. The fourth-order valence-corrected chi connectivity index (χ4v) is 2.18. The molecule has 0 unspecified atom stereocenters. The predicted molar refractivity (Wildman–Crippen MR) is 92.5 cm³/mol. The van der Waals surface area contributed by atoms with Gasteiger partial charge >= 0.3 is 0 Å². The number of hydrogen-bond donors (Lipinski definition) is 2.